The van der Waals surface area contributed by atoms with Crippen LogP contribution in [-0.4, -0.2) is 34.6 Å². The van der Waals surface area contributed by atoms with Gasteiger partial charge in [0.05, 0.1) is 0 Å². The van der Waals surface area contributed by atoms with Crippen molar-refractivity contribution >= 4 is 39.9 Å². The number of carbonyl (C=O) groups excluding carboxylic acids is 3. The fraction of sp³-hybridized carbons (Fsp3) is 0.292. The van der Waals surface area contributed by atoms with E-state index in [1.54, 1.807) is 31.2 Å². The van der Waals surface area contributed by atoms with Gasteiger partial charge in [0.15, 0.2) is 6.61 Å². The van der Waals surface area contributed by atoms with E-state index in [1.807, 2.05) is 32.0 Å². The Hall–Kier alpha value is -3.79. The molecule has 0 saturated heterocycles. The van der Waals surface area contributed by atoms with Crippen LogP contribution in [0.1, 0.15) is 35.4 Å². The maximum Gasteiger partial charge on any atom is 0.306 e. The number of amides is 2. The number of nitrogens with one attached hydrogen (secondary N) is 2. The number of anilines is 2. The van der Waals surface area contributed by atoms with Crippen molar-refractivity contribution in [2.45, 2.75) is 40.0 Å². The van der Waals surface area contributed by atoms with Crippen molar-refractivity contribution in [3.8, 4) is 11.5 Å². The zero-order valence-electron chi connectivity index (χ0n) is 19.2. The van der Waals surface area contributed by atoms with Crippen molar-refractivity contribution in [2.24, 2.45) is 0 Å². The molecule has 0 saturated carbocycles. The number of hydrogen-bond acceptors (Lipinski definition) is 8. The first-order chi connectivity index (χ1) is 16.3. The Bertz CT molecular complexity index is 1160. The fourth-order valence-electron chi connectivity index (χ4n) is 2.91. The van der Waals surface area contributed by atoms with E-state index in [0.29, 0.717) is 23.0 Å². The lowest BCUT2D eigenvalue weighted by Gasteiger charge is -2.11. The molecule has 2 N–H and O–H groups in total. The molecule has 34 heavy (non-hydrogen) atoms. The molecule has 0 aliphatic rings. The van der Waals surface area contributed by atoms with E-state index in [4.69, 9.17) is 9.47 Å². The van der Waals surface area contributed by atoms with Crippen molar-refractivity contribution in [1.29, 1.82) is 0 Å². The third-order valence-corrected chi connectivity index (χ3v) is 5.60. The van der Waals surface area contributed by atoms with Gasteiger partial charge in [0.1, 0.15) is 16.5 Å². The zero-order chi connectivity index (χ0) is 24.5. The van der Waals surface area contributed by atoms with Crippen LogP contribution >= 0.6 is 11.3 Å². The van der Waals surface area contributed by atoms with Crippen LogP contribution in [-0.2, 0) is 19.1 Å². The number of hydrogen-bond donors (Lipinski definition) is 2. The molecular formula is C24H26N4O5S. The Morgan fingerprint density at radius 2 is 1.68 bits per heavy atom. The number of aromatic nitrogens is 2. The molecule has 0 fully saturated rings. The Labute approximate surface area is 201 Å². The predicted molar refractivity (Wildman–Crippen MR) is 129 cm³/mol. The molecule has 0 aliphatic carbocycles. The van der Waals surface area contributed by atoms with Gasteiger partial charge in [0, 0.05) is 18.5 Å². The maximum absolute atomic E-state index is 12.1. The van der Waals surface area contributed by atoms with Gasteiger partial charge in [-0.1, -0.05) is 23.5 Å². The quantitative estimate of drug-likeness (QED) is 0.407. The minimum absolute atomic E-state index is 0.0280. The maximum atomic E-state index is 12.1. The minimum Gasteiger partial charge on any atom is -0.457 e. The number of rotatable bonds is 10. The summed E-state index contributed by atoms with van der Waals surface area (Å²) in [5.74, 6) is 0.152. The van der Waals surface area contributed by atoms with Crippen LogP contribution in [0.15, 0.2) is 42.5 Å². The molecule has 10 heteroatoms. The molecule has 0 bridgehead atoms. The monoisotopic (exact) mass is 482 g/mol. The van der Waals surface area contributed by atoms with E-state index in [0.717, 1.165) is 21.9 Å². The SMILES string of the molecule is Cc1nnc(NC(=O)CCCC(=O)OCC(=O)Nc2ccc(Oc3cccc(C)c3C)cc2)s1. The lowest BCUT2D eigenvalue weighted by Crippen LogP contribution is -2.21. The summed E-state index contributed by atoms with van der Waals surface area (Å²) >= 11 is 1.27. The van der Waals surface area contributed by atoms with E-state index in [-0.39, 0.29) is 18.7 Å². The standard InChI is InChI=1S/C24H26N4O5S/c1-15-6-4-7-20(16(15)2)33-19-12-10-18(11-13-19)25-22(30)14-32-23(31)9-5-8-21(29)26-24-28-27-17(3)34-24/h4,6-7,10-13H,5,8-9,14H2,1-3H3,(H,25,30)(H,26,28,29). The summed E-state index contributed by atoms with van der Waals surface area (Å²) in [4.78, 5) is 35.7. The molecular weight excluding hydrogens is 456 g/mol. The largest absolute Gasteiger partial charge is 0.457 e. The summed E-state index contributed by atoms with van der Waals surface area (Å²) in [5.41, 5.74) is 2.76. The van der Waals surface area contributed by atoms with Crippen LogP contribution in [0.25, 0.3) is 0 Å². The predicted octanol–water partition coefficient (Wildman–Crippen LogP) is 4.55. The third kappa shape index (κ3) is 7.66. The van der Waals surface area contributed by atoms with Crippen molar-refractivity contribution in [1.82, 2.24) is 10.2 Å². The second-order valence-electron chi connectivity index (χ2n) is 7.56. The van der Waals surface area contributed by atoms with Gasteiger partial charge in [-0.05, 0) is 68.7 Å². The fourth-order valence-corrected chi connectivity index (χ4v) is 3.51. The number of nitrogens with zero attached hydrogens (tertiary/aromatic N) is 2. The molecule has 1 aromatic heterocycles. The summed E-state index contributed by atoms with van der Waals surface area (Å²) in [5, 5.41) is 14.1. The lowest BCUT2D eigenvalue weighted by molar-refractivity contribution is -0.147. The molecule has 1 heterocycles. The molecule has 0 spiro atoms. The summed E-state index contributed by atoms with van der Waals surface area (Å²) in [6.45, 7) is 5.40. The summed E-state index contributed by atoms with van der Waals surface area (Å²) in [7, 11) is 0. The second-order valence-corrected chi connectivity index (χ2v) is 8.74. The Morgan fingerprint density at radius 3 is 2.38 bits per heavy atom. The van der Waals surface area contributed by atoms with Crippen LogP contribution in [0.4, 0.5) is 10.8 Å². The lowest BCUT2D eigenvalue weighted by atomic mass is 10.1. The van der Waals surface area contributed by atoms with E-state index in [2.05, 4.69) is 20.8 Å². The Morgan fingerprint density at radius 1 is 0.912 bits per heavy atom. The number of carbonyl (C=O) groups is 3. The van der Waals surface area contributed by atoms with Gasteiger partial charge in [0.2, 0.25) is 11.0 Å². The molecule has 3 aromatic rings. The first kappa shape index (κ1) is 24.8. The molecule has 0 unspecified atom stereocenters. The molecule has 9 nitrogen and oxygen atoms in total. The van der Waals surface area contributed by atoms with Gasteiger partial charge in [-0.25, -0.2) is 0 Å². The van der Waals surface area contributed by atoms with Crippen molar-refractivity contribution in [3.63, 3.8) is 0 Å². The van der Waals surface area contributed by atoms with Crippen molar-refractivity contribution in [3.05, 3.63) is 58.6 Å². The van der Waals surface area contributed by atoms with Crippen molar-refractivity contribution < 1.29 is 23.9 Å². The summed E-state index contributed by atoms with van der Waals surface area (Å²) < 4.78 is 10.9. The number of benzene rings is 2. The first-order valence-electron chi connectivity index (χ1n) is 10.7. The third-order valence-electron chi connectivity index (χ3n) is 4.84. The van der Waals surface area contributed by atoms with Crippen LogP contribution in [0, 0.1) is 20.8 Å². The zero-order valence-corrected chi connectivity index (χ0v) is 20.0. The van der Waals surface area contributed by atoms with E-state index >= 15 is 0 Å². The molecule has 3 rings (SSSR count). The van der Waals surface area contributed by atoms with Gasteiger partial charge in [-0.3, -0.25) is 14.4 Å². The smallest absolute Gasteiger partial charge is 0.306 e. The normalized spacial score (nSPS) is 10.4. The topological polar surface area (TPSA) is 120 Å². The average molecular weight is 483 g/mol. The Kier molecular flexibility index (Phi) is 8.69. The second kappa shape index (κ2) is 11.9. The van der Waals surface area contributed by atoms with E-state index in [9.17, 15) is 14.4 Å². The molecule has 178 valence electrons. The van der Waals surface area contributed by atoms with Gasteiger partial charge in [0.25, 0.3) is 5.91 Å². The Balaban J connectivity index is 1.35. The van der Waals surface area contributed by atoms with E-state index < -0.39 is 18.5 Å². The molecule has 0 aliphatic heterocycles. The first-order valence-corrected chi connectivity index (χ1v) is 11.5. The number of aryl methyl sites for hydroxylation is 2. The van der Waals surface area contributed by atoms with Crippen LogP contribution in [0.2, 0.25) is 0 Å². The number of ether oxygens (including phenoxy) is 2. The van der Waals surface area contributed by atoms with Gasteiger partial charge < -0.3 is 20.1 Å². The molecule has 0 radical (unpaired) electrons. The van der Waals surface area contributed by atoms with Crippen LogP contribution in [0.3, 0.4) is 0 Å². The minimum atomic E-state index is -0.549. The van der Waals surface area contributed by atoms with Gasteiger partial charge in [-0.15, -0.1) is 10.2 Å². The average Bonchev–Trinajstić information content (AvgIpc) is 3.21. The van der Waals surface area contributed by atoms with Gasteiger partial charge >= 0.3 is 5.97 Å². The highest BCUT2D eigenvalue weighted by atomic mass is 32.1. The van der Waals surface area contributed by atoms with Crippen LogP contribution < -0.4 is 15.4 Å². The highest BCUT2D eigenvalue weighted by Gasteiger charge is 2.11. The van der Waals surface area contributed by atoms with Gasteiger partial charge in [-0.2, -0.15) is 0 Å². The highest BCUT2D eigenvalue weighted by Crippen LogP contribution is 2.27. The molecule has 2 amide bonds. The van der Waals surface area contributed by atoms with Crippen molar-refractivity contribution in [2.75, 3.05) is 17.2 Å². The summed E-state index contributed by atoms with van der Waals surface area (Å²) in [6.07, 6.45) is 0.461. The summed E-state index contributed by atoms with van der Waals surface area (Å²) in [6, 6.07) is 12.8. The molecule has 2 aromatic carbocycles. The molecule has 0 atom stereocenters. The highest BCUT2D eigenvalue weighted by molar-refractivity contribution is 7.15. The number of esters is 1. The van der Waals surface area contributed by atoms with E-state index in [1.165, 1.54) is 11.3 Å². The van der Waals surface area contributed by atoms with Crippen LogP contribution in [0.5, 0.6) is 11.5 Å².